The molecule has 5 rings (SSSR count). The number of nitrogens with zero attached hydrogens (tertiary/aromatic N) is 2. The van der Waals surface area contributed by atoms with Gasteiger partial charge in [0.25, 0.3) is 5.82 Å². The Morgan fingerprint density at radius 1 is 0.556 bits per heavy atom. The Balaban J connectivity index is 1.93. The van der Waals surface area contributed by atoms with Crippen molar-refractivity contribution in [3.63, 3.8) is 0 Å². The normalized spacial score (nSPS) is 12.6. The van der Waals surface area contributed by atoms with Crippen LogP contribution in [0.15, 0.2) is 97.3 Å². The maximum Gasteiger partial charge on any atom is 0.274 e. The Morgan fingerprint density at radius 3 is 1.47 bits per heavy atom. The molecule has 1 heterocycles. The van der Waals surface area contributed by atoms with Crippen molar-refractivity contribution >= 4 is 0 Å². The van der Waals surface area contributed by atoms with Crippen molar-refractivity contribution in [2.24, 2.45) is 0 Å². The maximum absolute atomic E-state index is 2.56. The molecule has 0 radical (unpaired) electrons. The molecule has 0 aliphatic heterocycles. The molecule has 0 amide bonds. The number of para-hydroxylation sites is 2. The summed E-state index contributed by atoms with van der Waals surface area (Å²) >= 11 is 0. The molecule has 0 aliphatic carbocycles. The summed E-state index contributed by atoms with van der Waals surface area (Å²) in [4.78, 5) is 0. The quantitative estimate of drug-likeness (QED) is 0.142. The van der Waals surface area contributed by atoms with E-state index in [0.29, 0.717) is 23.7 Å². The van der Waals surface area contributed by atoms with E-state index in [-0.39, 0.29) is 5.92 Å². The molecule has 5 aromatic rings. The van der Waals surface area contributed by atoms with Gasteiger partial charge in [-0.2, -0.15) is 9.13 Å². The van der Waals surface area contributed by atoms with E-state index in [2.05, 4.69) is 176 Å². The highest BCUT2D eigenvalue weighted by molar-refractivity contribution is 5.53. The van der Waals surface area contributed by atoms with Gasteiger partial charge >= 0.3 is 0 Å². The Hall–Kier alpha value is -3.91. The van der Waals surface area contributed by atoms with Crippen LogP contribution in [0.3, 0.4) is 0 Å². The lowest BCUT2D eigenvalue weighted by molar-refractivity contribution is -0.606. The smallest absolute Gasteiger partial charge is 0.198 e. The molecular formula is C43H53N2+. The van der Waals surface area contributed by atoms with E-state index in [1.54, 1.807) is 0 Å². The summed E-state index contributed by atoms with van der Waals surface area (Å²) in [5.74, 6) is 3.02. The van der Waals surface area contributed by atoms with Crippen molar-refractivity contribution in [3.05, 3.63) is 148 Å². The lowest BCUT2D eigenvalue weighted by Gasteiger charge is -2.23. The Labute approximate surface area is 272 Å². The largest absolute Gasteiger partial charge is 0.274 e. The molecule has 45 heavy (non-hydrogen) atoms. The first-order chi connectivity index (χ1) is 21.5. The van der Waals surface area contributed by atoms with Crippen LogP contribution < -0.4 is 4.57 Å². The zero-order chi connectivity index (χ0) is 32.4. The fourth-order valence-corrected chi connectivity index (χ4v) is 6.81. The van der Waals surface area contributed by atoms with E-state index in [9.17, 15) is 0 Å². The molecule has 1 atom stereocenters. The van der Waals surface area contributed by atoms with Gasteiger partial charge in [-0.05, 0) is 55.1 Å². The third-order valence-corrected chi connectivity index (χ3v) is 9.38. The maximum atomic E-state index is 2.56. The fourth-order valence-electron chi connectivity index (χ4n) is 6.81. The van der Waals surface area contributed by atoms with Crippen LogP contribution in [-0.4, -0.2) is 4.57 Å². The van der Waals surface area contributed by atoms with Gasteiger partial charge < -0.3 is 0 Å². The zero-order valence-electron chi connectivity index (χ0n) is 29.2. The molecule has 0 spiro atoms. The SMILES string of the molecule is Cc1ccc(C[C@@H](c2ccc(C)cc2)c2n(-c3c(C(C)C)cccc3C(C)C)cc[n+]2-c2c(C(C)C)cccc2C(C)C)cc1. The van der Waals surface area contributed by atoms with Gasteiger partial charge in [0.2, 0.25) is 0 Å². The third-order valence-electron chi connectivity index (χ3n) is 9.38. The highest BCUT2D eigenvalue weighted by Gasteiger charge is 2.35. The van der Waals surface area contributed by atoms with Gasteiger partial charge in [-0.15, -0.1) is 0 Å². The average molecular weight is 598 g/mol. The summed E-state index contributed by atoms with van der Waals surface area (Å²) < 4.78 is 5.12. The van der Waals surface area contributed by atoms with Crippen LogP contribution >= 0.6 is 0 Å². The number of imidazole rings is 1. The summed E-state index contributed by atoms with van der Waals surface area (Å²) in [6.07, 6.45) is 5.61. The van der Waals surface area contributed by atoms with Gasteiger partial charge in [0, 0.05) is 22.3 Å². The predicted molar refractivity (Wildman–Crippen MR) is 192 cm³/mol. The molecule has 0 aliphatic rings. The van der Waals surface area contributed by atoms with E-state index in [0.717, 1.165) is 6.42 Å². The summed E-state index contributed by atoms with van der Waals surface area (Å²) in [6, 6.07) is 32.2. The molecule has 0 unspecified atom stereocenters. The molecule has 0 N–H and O–H groups in total. The fraction of sp³-hybridized carbons (Fsp3) is 0.372. The minimum absolute atomic E-state index is 0.128. The van der Waals surface area contributed by atoms with Crippen LogP contribution in [0.5, 0.6) is 0 Å². The summed E-state index contributed by atoms with van der Waals surface area (Å²) in [5, 5.41) is 0. The van der Waals surface area contributed by atoms with E-state index in [1.807, 2.05) is 0 Å². The first kappa shape index (κ1) is 32.5. The van der Waals surface area contributed by atoms with E-state index in [4.69, 9.17) is 0 Å². The van der Waals surface area contributed by atoms with Gasteiger partial charge in [-0.3, -0.25) is 0 Å². The average Bonchev–Trinajstić information content (AvgIpc) is 3.44. The van der Waals surface area contributed by atoms with E-state index >= 15 is 0 Å². The van der Waals surface area contributed by atoms with Crippen LogP contribution in [-0.2, 0) is 6.42 Å². The third kappa shape index (κ3) is 6.71. The molecule has 2 nitrogen and oxygen atoms in total. The minimum Gasteiger partial charge on any atom is -0.198 e. The standard InChI is InChI=1S/C43H53N2/c1-28(2)36-13-11-14-37(29(3)4)41(36)44-25-26-45(42-38(30(5)6)15-12-16-39(42)31(7)8)43(44)40(35-23-19-33(10)20-24-35)27-34-21-17-32(9)18-22-34/h11-26,28-31,40H,27H2,1-10H3/q+1/t40-/m0/s1. The van der Waals surface area contributed by atoms with Gasteiger partial charge in [-0.25, -0.2) is 0 Å². The Morgan fingerprint density at radius 2 is 1.00 bits per heavy atom. The zero-order valence-corrected chi connectivity index (χ0v) is 29.2. The van der Waals surface area contributed by atoms with E-state index < -0.39 is 0 Å². The summed E-state index contributed by atoms with van der Waals surface area (Å²) in [5.41, 5.74) is 13.5. The minimum atomic E-state index is 0.128. The second-order valence-electron chi connectivity index (χ2n) is 14.2. The summed E-state index contributed by atoms with van der Waals surface area (Å²) in [7, 11) is 0. The highest BCUT2D eigenvalue weighted by atomic mass is 15.2. The molecule has 0 saturated heterocycles. The van der Waals surface area contributed by atoms with Crippen molar-refractivity contribution in [2.45, 2.75) is 105 Å². The number of rotatable bonds is 10. The first-order valence-electron chi connectivity index (χ1n) is 17.0. The van der Waals surface area contributed by atoms with Gasteiger partial charge in [0.05, 0.1) is 5.92 Å². The lowest BCUT2D eigenvalue weighted by atomic mass is 9.88. The number of hydrogen-bond donors (Lipinski definition) is 0. The lowest BCUT2D eigenvalue weighted by Crippen LogP contribution is -2.39. The van der Waals surface area contributed by atoms with Crippen LogP contribution in [0.2, 0.25) is 0 Å². The highest BCUT2D eigenvalue weighted by Crippen LogP contribution is 2.37. The number of aromatic nitrogens is 2. The van der Waals surface area contributed by atoms with Crippen LogP contribution in [0.1, 0.15) is 135 Å². The number of benzene rings is 4. The molecule has 0 fully saturated rings. The molecular weight excluding hydrogens is 544 g/mol. The topological polar surface area (TPSA) is 8.81 Å². The second-order valence-corrected chi connectivity index (χ2v) is 14.2. The molecule has 0 bridgehead atoms. The number of hydrogen-bond acceptors (Lipinski definition) is 0. The molecule has 4 aromatic carbocycles. The van der Waals surface area contributed by atoms with Crippen molar-refractivity contribution < 1.29 is 4.57 Å². The van der Waals surface area contributed by atoms with Crippen molar-refractivity contribution in [1.82, 2.24) is 4.57 Å². The molecule has 1 aromatic heterocycles. The molecule has 0 saturated carbocycles. The molecule has 2 heteroatoms. The Bertz CT molecular complexity index is 1600. The van der Waals surface area contributed by atoms with E-state index in [1.165, 1.54) is 61.7 Å². The van der Waals surface area contributed by atoms with Gasteiger partial charge in [-0.1, -0.05) is 151 Å². The van der Waals surface area contributed by atoms with Crippen LogP contribution in [0, 0.1) is 13.8 Å². The number of aryl methyl sites for hydroxylation is 2. The van der Waals surface area contributed by atoms with Gasteiger partial charge in [0.15, 0.2) is 0 Å². The second kappa shape index (κ2) is 13.6. The van der Waals surface area contributed by atoms with Crippen LogP contribution in [0.4, 0.5) is 0 Å². The first-order valence-corrected chi connectivity index (χ1v) is 17.0. The molecule has 234 valence electrons. The van der Waals surface area contributed by atoms with Crippen molar-refractivity contribution in [1.29, 1.82) is 0 Å². The Kier molecular flexibility index (Phi) is 9.82. The van der Waals surface area contributed by atoms with Gasteiger partial charge in [0.1, 0.15) is 23.8 Å². The van der Waals surface area contributed by atoms with Crippen molar-refractivity contribution in [2.75, 3.05) is 0 Å². The monoisotopic (exact) mass is 597 g/mol. The van der Waals surface area contributed by atoms with Crippen molar-refractivity contribution in [3.8, 4) is 11.4 Å². The summed E-state index contributed by atoms with van der Waals surface area (Å²) in [6.45, 7) is 23.0. The van der Waals surface area contributed by atoms with Crippen LogP contribution in [0.25, 0.3) is 11.4 Å². The predicted octanol–water partition coefficient (Wildman–Crippen LogP) is 11.2.